The molecule has 0 spiro atoms. The topological polar surface area (TPSA) is 57.6 Å². The highest BCUT2D eigenvalue weighted by atomic mass is 16.4. The van der Waals surface area contributed by atoms with Gasteiger partial charge in [-0.15, -0.1) is 0 Å². The summed E-state index contributed by atoms with van der Waals surface area (Å²) < 4.78 is 0. The fraction of sp³-hybridized carbons (Fsp3) is 0.467. The SMILES string of the molecule is CCC(=O)N(CC(C)C(=O)O)c1ccc(C)c(C)c1. The fourth-order valence-electron chi connectivity index (χ4n) is 1.79. The lowest BCUT2D eigenvalue weighted by Gasteiger charge is -2.25. The molecular weight excluding hydrogens is 242 g/mol. The second-order valence-corrected chi connectivity index (χ2v) is 4.87. The van der Waals surface area contributed by atoms with Crippen molar-refractivity contribution in [1.29, 1.82) is 0 Å². The number of aryl methyl sites for hydroxylation is 2. The van der Waals surface area contributed by atoms with Crippen molar-refractivity contribution in [3.05, 3.63) is 29.3 Å². The van der Waals surface area contributed by atoms with Gasteiger partial charge in [0.1, 0.15) is 0 Å². The first-order valence-electron chi connectivity index (χ1n) is 6.47. The Morgan fingerprint density at radius 3 is 2.37 bits per heavy atom. The van der Waals surface area contributed by atoms with E-state index in [4.69, 9.17) is 5.11 Å². The van der Waals surface area contributed by atoms with E-state index < -0.39 is 11.9 Å². The lowest BCUT2D eigenvalue weighted by molar-refractivity contribution is -0.140. The highest BCUT2D eigenvalue weighted by Gasteiger charge is 2.21. The summed E-state index contributed by atoms with van der Waals surface area (Å²) in [5.41, 5.74) is 3.01. The Kier molecular flexibility index (Phi) is 5.10. The minimum Gasteiger partial charge on any atom is -0.481 e. The number of amides is 1. The number of carbonyl (C=O) groups excluding carboxylic acids is 1. The molecule has 0 aliphatic carbocycles. The average molecular weight is 263 g/mol. The van der Waals surface area contributed by atoms with Crippen molar-refractivity contribution in [1.82, 2.24) is 0 Å². The van der Waals surface area contributed by atoms with Crippen LogP contribution in [0.15, 0.2) is 18.2 Å². The van der Waals surface area contributed by atoms with Crippen LogP contribution in [-0.2, 0) is 9.59 Å². The van der Waals surface area contributed by atoms with Crippen LogP contribution in [0.5, 0.6) is 0 Å². The molecule has 1 rings (SSSR count). The summed E-state index contributed by atoms with van der Waals surface area (Å²) >= 11 is 0. The Balaban J connectivity index is 3.05. The highest BCUT2D eigenvalue weighted by Crippen LogP contribution is 2.21. The van der Waals surface area contributed by atoms with Crippen LogP contribution in [0, 0.1) is 19.8 Å². The standard InChI is InChI=1S/C15H21NO3/c1-5-14(17)16(9-12(4)15(18)19)13-7-6-10(2)11(3)8-13/h6-8,12H,5,9H2,1-4H3,(H,18,19). The molecule has 0 radical (unpaired) electrons. The van der Waals surface area contributed by atoms with Gasteiger partial charge in [0.15, 0.2) is 0 Å². The van der Waals surface area contributed by atoms with Crippen LogP contribution >= 0.6 is 0 Å². The van der Waals surface area contributed by atoms with Crippen molar-refractivity contribution in [3.8, 4) is 0 Å². The summed E-state index contributed by atoms with van der Waals surface area (Å²) in [5, 5.41) is 8.99. The van der Waals surface area contributed by atoms with Crippen LogP contribution in [0.2, 0.25) is 0 Å². The quantitative estimate of drug-likeness (QED) is 0.888. The van der Waals surface area contributed by atoms with E-state index in [-0.39, 0.29) is 12.5 Å². The molecule has 1 atom stereocenters. The first-order chi connectivity index (χ1) is 8.86. The van der Waals surface area contributed by atoms with Crippen molar-refractivity contribution in [2.75, 3.05) is 11.4 Å². The van der Waals surface area contributed by atoms with Gasteiger partial charge in [-0.25, -0.2) is 0 Å². The number of rotatable bonds is 5. The number of benzene rings is 1. The maximum Gasteiger partial charge on any atom is 0.308 e. The van der Waals surface area contributed by atoms with Crippen LogP contribution in [0.3, 0.4) is 0 Å². The maximum atomic E-state index is 12.0. The van der Waals surface area contributed by atoms with Crippen LogP contribution < -0.4 is 4.90 Å². The molecule has 1 N–H and O–H groups in total. The maximum absolute atomic E-state index is 12.0. The molecule has 0 aliphatic rings. The number of carboxylic acid groups (broad SMARTS) is 1. The van der Waals surface area contributed by atoms with E-state index in [9.17, 15) is 9.59 Å². The molecule has 1 aromatic rings. The zero-order valence-corrected chi connectivity index (χ0v) is 11.9. The monoisotopic (exact) mass is 263 g/mol. The van der Waals surface area contributed by atoms with E-state index in [1.165, 1.54) is 0 Å². The second-order valence-electron chi connectivity index (χ2n) is 4.87. The largest absolute Gasteiger partial charge is 0.481 e. The van der Waals surface area contributed by atoms with Gasteiger partial charge in [-0.05, 0) is 37.1 Å². The van der Waals surface area contributed by atoms with E-state index in [1.807, 2.05) is 32.0 Å². The molecule has 0 aliphatic heterocycles. The molecule has 4 nitrogen and oxygen atoms in total. The Hall–Kier alpha value is -1.84. The van der Waals surface area contributed by atoms with Gasteiger partial charge in [-0.2, -0.15) is 0 Å². The third kappa shape index (κ3) is 3.81. The molecule has 4 heteroatoms. The van der Waals surface area contributed by atoms with E-state index in [0.717, 1.165) is 16.8 Å². The molecule has 19 heavy (non-hydrogen) atoms. The zero-order valence-electron chi connectivity index (χ0n) is 11.9. The zero-order chi connectivity index (χ0) is 14.6. The van der Waals surface area contributed by atoms with Crippen LogP contribution in [-0.4, -0.2) is 23.5 Å². The summed E-state index contributed by atoms with van der Waals surface area (Å²) in [7, 11) is 0. The second kappa shape index (κ2) is 6.36. The molecule has 104 valence electrons. The molecule has 0 aromatic heterocycles. The van der Waals surface area contributed by atoms with Crippen LogP contribution in [0.1, 0.15) is 31.4 Å². The summed E-state index contributed by atoms with van der Waals surface area (Å²) in [6, 6.07) is 5.74. The first-order valence-corrected chi connectivity index (χ1v) is 6.47. The predicted molar refractivity (Wildman–Crippen MR) is 75.4 cm³/mol. The van der Waals surface area contributed by atoms with Gasteiger partial charge in [0, 0.05) is 18.7 Å². The first kappa shape index (κ1) is 15.2. The lowest BCUT2D eigenvalue weighted by atomic mass is 10.1. The van der Waals surface area contributed by atoms with Crippen molar-refractivity contribution >= 4 is 17.6 Å². The minimum absolute atomic E-state index is 0.0589. The predicted octanol–water partition coefficient (Wildman–Crippen LogP) is 2.77. The van der Waals surface area contributed by atoms with E-state index in [0.29, 0.717) is 6.42 Å². The molecule has 0 saturated heterocycles. The van der Waals surface area contributed by atoms with Crippen molar-refractivity contribution < 1.29 is 14.7 Å². The number of carboxylic acids is 1. The Labute approximate surface area is 114 Å². The minimum atomic E-state index is -0.891. The number of hydrogen-bond donors (Lipinski definition) is 1. The van der Waals surface area contributed by atoms with Gasteiger partial charge in [0.25, 0.3) is 0 Å². The molecule has 0 bridgehead atoms. The van der Waals surface area contributed by atoms with E-state index in [1.54, 1.807) is 18.7 Å². The molecule has 1 aromatic carbocycles. The molecule has 0 saturated carbocycles. The Morgan fingerprint density at radius 2 is 1.89 bits per heavy atom. The van der Waals surface area contributed by atoms with Gasteiger partial charge in [-0.1, -0.05) is 19.9 Å². The number of anilines is 1. The molecule has 0 heterocycles. The number of nitrogens with zero attached hydrogens (tertiary/aromatic N) is 1. The third-order valence-corrected chi connectivity index (χ3v) is 3.28. The van der Waals surface area contributed by atoms with Gasteiger partial charge in [0.2, 0.25) is 5.91 Å². The summed E-state index contributed by atoms with van der Waals surface area (Å²) in [6.45, 7) is 7.57. The molecule has 1 amide bonds. The third-order valence-electron chi connectivity index (χ3n) is 3.28. The number of carbonyl (C=O) groups is 2. The molecular formula is C15H21NO3. The lowest BCUT2D eigenvalue weighted by Crippen LogP contribution is -2.36. The van der Waals surface area contributed by atoms with Crippen LogP contribution in [0.4, 0.5) is 5.69 Å². The Bertz CT molecular complexity index is 482. The molecule has 1 unspecified atom stereocenters. The molecule has 0 fully saturated rings. The van der Waals surface area contributed by atoms with Gasteiger partial charge in [-0.3, -0.25) is 9.59 Å². The number of hydrogen-bond acceptors (Lipinski definition) is 2. The van der Waals surface area contributed by atoms with Gasteiger partial charge in [0.05, 0.1) is 5.92 Å². The summed E-state index contributed by atoms with van der Waals surface area (Å²) in [5.74, 6) is -1.54. The normalized spacial score (nSPS) is 12.0. The summed E-state index contributed by atoms with van der Waals surface area (Å²) in [6.07, 6.45) is 0.360. The smallest absolute Gasteiger partial charge is 0.308 e. The van der Waals surface area contributed by atoms with Gasteiger partial charge < -0.3 is 10.0 Å². The Morgan fingerprint density at radius 1 is 1.26 bits per heavy atom. The fourth-order valence-corrected chi connectivity index (χ4v) is 1.79. The van der Waals surface area contributed by atoms with Crippen LogP contribution in [0.25, 0.3) is 0 Å². The average Bonchev–Trinajstić information content (AvgIpc) is 2.38. The van der Waals surface area contributed by atoms with Crippen molar-refractivity contribution in [2.24, 2.45) is 5.92 Å². The highest BCUT2D eigenvalue weighted by molar-refractivity contribution is 5.93. The number of aliphatic carboxylic acids is 1. The van der Waals surface area contributed by atoms with Gasteiger partial charge >= 0.3 is 5.97 Å². The van der Waals surface area contributed by atoms with Crippen molar-refractivity contribution in [3.63, 3.8) is 0 Å². The van der Waals surface area contributed by atoms with E-state index in [2.05, 4.69) is 0 Å². The van der Waals surface area contributed by atoms with Crippen molar-refractivity contribution in [2.45, 2.75) is 34.1 Å². The van der Waals surface area contributed by atoms with E-state index >= 15 is 0 Å². The summed E-state index contributed by atoms with van der Waals surface area (Å²) in [4.78, 5) is 24.5.